The number of nitrogens with two attached hydrogens (primary N) is 1. The molecule has 0 radical (unpaired) electrons. The summed E-state index contributed by atoms with van der Waals surface area (Å²) in [7, 11) is 2.13. The second-order valence-electron chi connectivity index (χ2n) is 2.59. The van der Waals surface area contributed by atoms with Gasteiger partial charge in [-0.25, -0.2) is 0 Å². The lowest BCUT2D eigenvalue weighted by Gasteiger charge is -2.29. The molecule has 10 heavy (non-hydrogen) atoms. The predicted molar refractivity (Wildman–Crippen MR) is 40.8 cm³/mol. The van der Waals surface area contributed by atoms with E-state index >= 15 is 0 Å². The maximum atomic E-state index is 5.53. The lowest BCUT2D eigenvalue weighted by molar-refractivity contribution is -0.901. The highest BCUT2D eigenvalue weighted by Gasteiger charge is 2.12. The van der Waals surface area contributed by atoms with Gasteiger partial charge in [0.1, 0.15) is 6.67 Å². The molecule has 0 heterocycles. The molecule has 0 saturated carbocycles. The highest BCUT2D eigenvalue weighted by Crippen LogP contribution is 1.96. The standard InChI is InChI=1S/C7H17N2.ClH/c1-4-6-9(3,5-2)7-8;/h4H,1,5-8H2,2-3H3;1H/q+1;/p-1. The minimum Gasteiger partial charge on any atom is -1.00 e. The van der Waals surface area contributed by atoms with Crippen LogP contribution in [0.5, 0.6) is 0 Å². The predicted octanol–water partition coefficient (Wildman–Crippen LogP) is -2.44. The summed E-state index contributed by atoms with van der Waals surface area (Å²) < 4.78 is 0.892. The SMILES string of the molecule is C=CC[N+](C)(CC)CN.[Cl-]. The van der Waals surface area contributed by atoms with E-state index in [4.69, 9.17) is 5.73 Å². The average molecular weight is 165 g/mol. The van der Waals surface area contributed by atoms with Crippen molar-refractivity contribution in [2.45, 2.75) is 6.92 Å². The van der Waals surface area contributed by atoms with Gasteiger partial charge in [-0.2, -0.15) is 0 Å². The van der Waals surface area contributed by atoms with E-state index in [0.717, 1.165) is 17.6 Å². The molecule has 62 valence electrons. The van der Waals surface area contributed by atoms with Crippen molar-refractivity contribution >= 4 is 0 Å². The molecule has 0 spiro atoms. The molecule has 0 aromatic carbocycles. The third-order valence-electron chi connectivity index (χ3n) is 1.77. The van der Waals surface area contributed by atoms with Gasteiger partial charge in [0.15, 0.2) is 0 Å². The van der Waals surface area contributed by atoms with E-state index in [9.17, 15) is 0 Å². The first-order valence-corrected chi connectivity index (χ1v) is 3.33. The maximum Gasteiger partial charge on any atom is 0.130 e. The van der Waals surface area contributed by atoms with Gasteiger partial charge in [-0.15, -0.1) is 0 Å². The zero-order valence-corrected chi connectivity index (χ0v) is 7.56. The Hall–Kier alpha value is -0.0500. The maximum absolute atomic E-state index is 5.53. The summed E-state index contributed by atoms with van der Waals surface area (Å²) in [4.78, 5) is 0. The van der Waals surface area contributed by atoms with Gasteiger partial charge in [-0.1, -0.05) is 6.58 Å². The van der Waals surface area contributed by atoms with Crippen molar-refractivity contribution in [2.75, 3.05) is 26.8 Å². The van der Waals surface area contributed by atoms with Crippen molar-refractivity contribution in [1.29, 1.82) is 0 Å². The molecule has 1 unspecified atom stereocenters. The molecule has 0 bridgehead atoms. The van der Waals surface area contributed by atoms with Crippen LogP contribution in [-0.4, -0.2) is 31.3 Å². The number of hydrogen-bond donors (Lipinski definition) is 1. The zero-order valence-electron chi connectivity index (χ0n) is 6.81. The van der Waals surface area contributed by atoms with Crippen molar-refractivity contribution in [3.63, 3.8) is 0 Å². The fourth-order valence-corrected chi connectivity index (χ4v) is 0.644. The Bertz CT molecular complexity index is 89.6. The number of halogens is 1. The third-order valence-corrected chi connectivity index (χ3v) is 1.77. The number of hydrogen-bond acceptors (Lipinski definition) is 1. The first-order valence-electron chi connectivity index (χ1n) is 3.33. The van der Waals surface area contributed by atoms with Gasteiger partial charge in [0.25, 0.3) is 0 Å². The van der Waals surface area contributed by atoms with Crippen LogP contribution in [0.15, 0.2) is 12.7 Å². The van der Waals surface area contributed by atoms with E-state index in [2.05, 4.69) is 20.6 Å². The molecule has 0 aliphatic rings. The highest BCUT2D eigenvalue weighted by atomic mass is 35.5. The summed E-state index contributed by atoms with van der Waals surface area (Å²) in [6.45, 7) is 8.54. The summed E-state index contributed by atoms with van der Waals surface area (Å²) in [6.07, 6.45) is 1.91. The molecule has 0 aliphatic heterocycles. The van der Waals surface area contributed by atoms with Crippen LogP contribution in [0.4, 0.5) is 0 Å². The quantitative estimate of drug-likeness (QED) is 0.279. The van der Waals surface area contributed by atoms with Gasteiger partial charge in [0.05, 0.1) is 20.1 Å². The summed E-state index contributed by atoms with van der Waals surface area (Å²) in [6, 6.07) is 0. The van der Waals surface area contributed by atoms with E-state index < -0.39 is 0 Å². The summed E-state index contributed by atoms with van der Waals surface area (Å²) in [5, 5.41) is 0. The normalized spacial score (nSPS) is 15.1. The molecule has 0 amide bonds. The Morgan fingerprint density at radius 1 is 1.60 bits per heavy atom. The van der Waals surface area contributed by atoms with Crippen molar-refractivity contribution in [3.8, 4) is 0 Å². The largest absolute Gasteiger partial charge is 1.00 e. The number of likely N-dealkylation sites (N-methyl/N-ethyl adjacent to an activating group) is 1. The van der Waals surface area contributed by atoms with Crippen LogP contribution in [0, 0.1) is 0 Å². The van der Waals surface area contributed by atoms with Crippen LogP contribution < -0.4 is 18.1 Å². The van der Waals surface area contributed by atoms with E-state index in [1.807, 2.05) is 6.08 Å². The van der Waals surface area contributed by atoms with Gasteiger partial charge < -0.3 is 16.9 Å². The van der Waals surface area contributed by atoms with Gasteiger partial charge in [0, 0.05) is 0 Å². The van der Waals surface area contributed by atoms with Gasteiger partial charge in [-0.05, 0) is 13.0 Å². The van der Waals surface area contributed by atoms with Crippen LogP contribution >= 0.6 is 0 Å². The molecule has 3 heteroatoms. The second kappa shape index (κ2) is 5.71. The van der Waals surface area contributed by atoms with E-state index in [0.29, 0.717) is 6.67 Å². The molecular formula is C7H17ClN2. The van der Waals surface area contributed by atoms with Crippen LogP contribution in [0.1, 0.15) is 6.92 Å². The number of nitrogens with zero attached hydrogens (tertiary/aromatic N) is 1. The molecule has 0 fully saturated rings. The van der Waals surface area contributed by atoms with E-state index in [-0.39, 0.29) is 12.4 Å². The van der Waals surface area contributed by atoms with E-state index in [1.54, 1.807) is 0 Å². The smallest absolute Gasteiger partial charge is 0.130 e. The lowest BCUT2D eigenvalue weighted by atomic mass is 10.4. The van der Waals surface area contributed by atoms with Crippen molar-refractivity contribution < 1.29 is 16.9 Å². The first-order chi connectivity index (χ1) is 4.18. The average Bonchev–Trinajstić information content (AvgIpc) is 1.89. The Balaban J connectivity index is 0. The van der Waals surface area contributed by atoms with Crippen LogP contribution in [0.25, 0.3) is 0 Å². The molecular weight excluding hydrogens is 148 g/mol. The molecule has 0 aliphatic carbocycles. The summed E-state index contributed by atoms with van der Waals surface area (Å²) in [5.41, 5.74) is 5.53. The first kappa shape index (κ1) is 12.6. The molecule has 0 aromatic rings. The highest BCUT2D eigenvalue weighted by molar-refractivity contribution is 4.64. The van der Waals surface area contributed by atoms with Gasteiger partial charge in [-0.3, -0.25) is 5.73 Å². The zero-order chi connectivity index (χ0) is 7.33. The van der Waals surface area contributed by atoms with Crippen LogP contribution in [-0.2, 0) is 0 Å². The third kappa shape index (κ3) is 3.88. The van der Waals surface area contributed by atoms with Crippen LogP contribution in [0.2, 0.25) is 0 Å². The Kier molecular flexibility index (Phi) is 7.21. The minimum absolute atomic E-state index is 0. The molecule has 2 N–H and O–H groups in total. The Labute approximate surface area is 69.7 Å². The molecule has 0 aromatic heterocycles. The molecule has 2 nitrogen and oxygen atoms in total. The topological polar surface area (TPSA) is 26.0 Å². The molecule has 0 saturated heterocycles. The van der Waals surface area contributed by atoms with Crippen molar-refractivity contribution in [1.82, 2.24) is 0 Å². The van der Waals surface area contributed by atoms with Crippen molar-refractivity contribution in [2.24, 2.45) is 5.73 Å². The fourth-order valence-electron chi connectivity index (χ4n) is 0.644. The number of quaternary nitrogens is 1. The molecule has 0 rings (SSSR count). The van der Waals surface area contributed by atoms with Gasteiger partial charge in [0.2, 0.25) is 0 Å². The summed E-state index contributed by atoms with van der Waals surface area (Å²) >= 11 is 0. The monoisotopic (exact) mass is 164 g/mol. The second-order valence-corrected chi connectivity index (χ2v) is 2.59. The summed E-state index contributed by atoms with van der Waals surface area (Å²) in [5.74, 6) is 0. The number of rotatable bonds is 4. The minimum atomic E-state index is 0. The fraction of sp³-hybridized carbons (Fsp3) is 0.714. The van der Waals surface area contributed by atoms with Gasteiger partial charge >= 0.3 is 0 Å². The van der Waals surface area contributed by atoms with E-state index in [1.165, 1.54) is 0 Å². The Morgan fingerprint density at radius 3 is 2.20 bits per heavy atom. The Morgan fingerprint density at radius 2 is 2.10 bits per heavy atom. The molecule has 1 atom stereocenters. The van der Waals surface area contributed by atoms with Crippen molar-refractivity contribution in [3.05, 3.63) is 12.7 Å². The van der Waals surface area contributed by atoms with Crippen LogP contribution in [0.3, 0.4) is 0 Å². The lowest BCUT2D eigenvalue weighted by Crippen LogP contribution is -3.00.